The Kier molecular flexibility index (Phi) is 2.55. The quantitative estimate of drug-likeness (QED) is 0.718. The lowest BCUT2D eigenvalue weighted by Gasteiger charge is -2.36. The molecule has 0 saturated carbocycles. The average Bonchev–Trinajstić information content (AvgIpc) is 2.69. The Hall–Kier alpha value is -1.89. The van der Waals surface area contributed by atoms with Crippen molar-refractivity contribution in [3.63, 3.8) is 0 Å². The fourth-order valence-corrected chi connectivity index (χ4v) is 2.49. The van der Waals surface area contributed by atoms with Gasteiger partial charge in [0.2, 0.25) is 0 Å². The van der Waals surface area contributed by atoms with Crippen molar-refractivity contribution >= 4 is 11.5 Å². The summed E-state index contributed by atoms with van der Waals surface area (Å²) in [6, 6.07) is 2.68. The SMILES string of the molecule is CC1CN(c2cc3n[nH]c(=O)n3cn2)CC(C)N1. The molecule has 7 heteroatoms. The number of hydrogen-bond acceptors (Lipinski definition) is 5. The van der Waals surface area contributed by atoms with E-state index in [1.807, 2.05) is 6.07 Å². The lowest BCUT2D eigenvalue weighted by atomic mass is 10.1. The number of nitrogens with one attached hydrogen (secondary N) is 2. The highest BCUT2D eigenvalue weighted by Crippen LogP contribution is 2.15. The van der Waals surface area contributed by atoms with Crippen molar-refractivity contribution < 1.29 is 0 Å². The van der Waals surface area contributed by atoms with Crippen LogP contribution in [0.15, 0.2) is 17.2 Å². The Labute approximate surface area is 104 Å². The Morgan fingerprint density at radius 2 is 2.06 bits per heavy atom. The van der Waals surface area contributed by atoms with Gasteiger partial charge in [0.15, 0.2) is 5.65 Å². The summed E-state index contributed by atoms with van der Waals surface area (Å²) in [4.78, 5) is 17.9. The second-order valence-corrected chi connectivity index (χ2v) is 4.88. The van der Waals surface area contributed by atoms with E-state index in [2.05, 4.69) is 39.2 Å². The first-order chi connectivity index (χ1) is 8.63. The van der Waals surface area contributed by atoms with Gasteiger partial charge in [-0.2, -0.15) is 5.10 Å². The minimum Gasteiger partial charge on any atom is -0.353 e. The molecule has 0 aromatic carbocycles. The van der Waals surface area contributed by atoms with Crippen molar-refractivity contribution in [2.45, 2.75) is 25.9 Å². The van der Waals surface area contributed by atoms with Crippen molar-refractivity contribution in [1.29, 1.82) is 0 Å². The van der Waals surface area contributed by atoms with Crippen molar-refractivity contribution in [1.82, 2.24) is 24.9 Å². The van der Waals surface area contributed by atoms with Crippen LogP contribution >= 0.6 is 0 Å². The number of rotatable bonds is 1. The first kappa shape index (κ1) is 11.2. The van der Waals surface area contributed by atoms with Gasteiger partial charge in [-0.05, 0) is 13.8 Å². The summed E-state index contributed by atoms with van der Waals surface area (Å²) < 4.78 is 1.40. The minimum atomic E-state index is -0.258. The summed E-state index contributed by atoms with van der Waals surface area (Å²) in [6.07, 6.45) is 1.52. The summed E-state index contributed by atoms with van der Waals surface area (Å²) >= 11 is 0. The van der Waals surface area contributed by atoms with Crippen LogP contribution in [0.1, 0.15) is 13.8 Å². The summed E-state index contributed by atoms with van der Waals surface area (Å²) in [7, 11) is 0. The highest BCUT2D eigenvalue weighted by atomic mass is 16.1. The van der Waals surface area contributed by atoms with Crippen LogP contribution in [0.25, 0.3) is 5.65 Å². The summed E-state index contributed by atoms with van der Waals surface area (Å²) in [6.45, 7) is 6.12. The third-order valence-electron chi connectivity index (χ3n) is 3.18. The van der Waals surface area contributed by atoms with E-state index in [9.17, 15) is 4.79 Å². The number of aromatic amines is 1. The normalized spacial score (nSPS) is 24.7. The van der Waals surface area contributed by atoms with E-state index >= 15 is 0 Å². The van der Waals surface area contributed by atoms with Crippen LogP contribution in [0.4, 0.5) is 5.82 Å². The van der Waals surface area contributed by atoms with Crippen molar-refractivity contribution in [3.05, 3.63) is 22.9 Å². The van der Waals surface area contributed by atoms with Gasteiger partial charge in [-0.25, -0.2) is 19.3 Å². The predicted octanol–water partition coefficient (Wildman–Crippen LogP) is -0.396. The predicted molar refractivity (Wildman–Crippen MR) is 67.9 cm³/mol. The van der Waals surface area contributed by atoms with Gasteiger partial charge in [0, 0.05) is 31.2 Å². The van der Waals surface area contributed by atoms with E-state index in [4.69, 9.17) is 0 Å². The number of H-pyrrole nitrogens is 1. The lowest BCUT2D eigenvalue weighted by Crippen LogP contribution is -2.54. The maximum atomic E-state index is 11.4. The van der Waals surface area contributed by atoms with Crippen LogP contribution in [-0.4, -0.2) is 44.8 Å². The zero-order valence-corrected chi connectivity index (χ0v) is 10.4. The second kappa shape index (κ2) is 4.09. The average molecular weight is 248 g/mol. The molecule has 0 radical (unpaired) electrons. The fourth-order valence-electron chi connectivity index (χ4n) is 2.49. The van der Waals surface area contributed by atoms with Crippen molar-refractivity contribution in [2.24, 2.45) is 0 Å². The molecule has 1 aliphatic rings. The molecule has 1 saturated heterocycles. The van der Waals surface area contributed by atoms with Crippen LogP contribution in [0.3, 0.4) is 0 Å². The van der Waals surface area contributed by atoms with Gasteiger partial charge in [-0.15, -0.1) is 0 Å². The molecule has 7 nitrogen and oxygen atoms in total. The minimum absolute atomic E-state index is 0.258. The van der Waals surface area contributed by atoms with Crippen LogP contribution in [0.2, 0.25) is 0 Å². The van der Waals surface area contributed by atoms with Gasteiger partial charge in [0.05, 0.1) is 0 Å². The highest BCUT2D eigenvalue weighted by Gasteiger charge is 2.22. The van der Waals surface area contributed by atoms with Gasteiger partial charge in [-0.3, -0.25) is 0 Å². The van der Waals surface area contributed by atoms with Crippen LogP contribution in [0.5, 0.6) is 0 Å². The number of piperazine rings is 1. The molecule has 3 rings (SSSR count). The highest BCUT2D eigenvalue weighted by molar-refractivity contribution is 5.50. The monoisotopic (exact) mass is 248 g/mol. The molecule has 2 atom stereocenters. The van der Waals surface area contributed by atoms with Crippen LogP contribution in [-0.2, 0) is 0 Å². The standard InChI is InChI=1S/C11H16N6O/c1-7-4-16(5-8(2)13-7)9-3-10-14-15-11(18)17(10)6-12-9/h3,6-8,13H,4-5H2,1-2H3,(H,15,18). The molecule has 0 bridgehead atoms. The molecule has 2 N–H and O–H groups in total. The van der Waals surface area contributed by atoms with Gasteiger partial charge < -0.3 is 10.2 Å². The summed E-state index contributed by atoms with van der Waals surface area (Å²) in [5.74, 6) is 0.863. The summed E-state index contributed by atoms with van der Waals surface area (Å²) in [5, 5.41) is 9.84. The number of fused-ring (bicyclic) bond motifs is 1. The molecule has 0 amide bonds. The Bertz CT molecular complexity index is 607. The zero-order valence-electron chi connectivity index (χ0n) is 10.4. The first-order valence-electron chi connectivity index (χ1n) is 6.07. The molecular weight excluding hydrogens is 232 g/mol. The van der Waals surface area contributed by atoms with E-state index in [0.29, 0.717) is 17.7 Å². The maximum Gasteiger partial charge on any atom is 0.348 e. The molecule has 1 fully saturated rings. The molecule has 3 heterocycles. The largest absolute Gasteiger partial charge is 0.353 e. The zero-order chi connectivity index (χ0) is 12.7. The van der Waals surface area contributed by atoms with Crippen LogP contribution in [0, 0.1) is 0 Å². The fraction of sp³-hybridized carbons (Fsp3) is 0.545. The van der Waals surface area contributed by atoms with Crippen LogP contribution < -0.4 is 15.9 Å². The number of nitrogens with zero attached hydrogens (tertiary/aromatic N) is 4. The third-order valence-corrected chi connectivity index (χ3v) is 3.18. The molecule has 2 aromatic heterocycles. The van der Waals surface area contributed by atoms with E-state index in [0.717, 1.165) is 18.9 Å². The number of hydrogen-bond donors (Lipinski definition) is 2. The van der Waals surface area contributed by atoms with Crippen molar-refractivity contribution in [3.8, 4) is 0 Å². The van der Waals surface area contributed by atoms with Gasteiger partial charge in [0.25, 0.3) is 0 Å². The van der Waals surface area contributed by atoms with Crippen molar-refractivity contribution in [2.75, 3.05) is 18.0 Å². The Balaban J connectivity index is 1.96. The molecule has 0 spiro atoms. The Morgan fingerprint density at radius 3 is 2.78 bits per heavy atom. The van der Waals surface area contributed by atoms with E-state index in [-0.39, 0.29) is 5.69 Å². The van der Waals surface area contributed by atoms with E-state index in [1.54, 1.807) is 0 Å². The molecule has 18 heavy (non-hydrogen) atoms. The smallest absolute Gasteiger partial charge is 0.348 e. The number of aromatic nitrogens is 4. The van der Waals surface area contributed by atoms with E-state index in [1.165, 1.54) is 10.7 Å². The number of anilines is 1. The maximum absolute atomic E-state index is 11.4. The van der Waals surface area contributed by atoms with Gasteiger partial charge >= 0.3 is 5.69 Å². The molecule has 2 aromatic rings. The molecular formula is C11H16N6O. The second-order valence-electron chi connectivity index (χ2n) is 4.88. The van der Waals surface area contributed by atoms with Gasteiger partial charge in [0.1, 0.15) is 12.1 Å². The summed E-state index contributed by atoms with van der Waals surface area (Å²) in [5.41, 5.74) is 0.343. The first-order valence-corrected chi connectivity index (χ1v) is 6.07. The molecule has 2 unspecified atom stereocenters. The lowest BCUT2D eigenvalue weighted by molar-refractivity contribution is 0.405. The molecule has 96 valence electrons. The van der Waals surface area contributed by atoms with E-state index < -0.39 is 0 Å². The Morgan fingerprint density at radius 1 is 1.33 bits per heavy atom. The third kappa shape index (κ3) is 1.86. The molecule has 0 aliphatic carbocycles. The molecule has 1 aliphatic heterocycles. The van der Waals surface area contributed by atoms with Gasteiger partial charge in [-0.1, -0.05) is 0 Å². The topological polar surface area (TPSA) is 78.3 Å².